The van der Waals surface area contributed by atoms with Gasteiger partial charge in [-0.1, -0.05) is 48.0 Å². The molecule has 2 heterocycles. The van der Waals surface area contributed by atoms with Crippen molar-refractivity contribution in [2.45, 2.75) is 6.04 Å². The van der Waals surface area contributed by atoms with Gasteiger partial charge in [0.05, 0.1) is 29.7 Å². The van der Waals surface area contributed by atoms with E-state index in [-0.39, 0.29) is 12.0 Å². The molecule has 0 unspecified atom stereocenters. The van der Waals surface area contributed by atoms with Crippen LogP contribution >= 0.6 is 11.6 Å². The van der Waals surface area contributed by atoms with Crippen LogP contribution in [0, 0.1) is 0 Å². The number of esters is 1. The number of methoxy groups -OCH3 is 1. The maximum atomic E-state index is 11.8. The number of hydrogen-bond donors (Lipinski definition) is 1. The predicted octanol–water partition coefficient (Wildman–Crippen LogP) is 5.53. The van der Waals surface area contributed by atoms with Crippen molar-refractivity contribution in [3.8, 4) is 0 Å². The van der Waals surface area contributed by atoms with E-state index in [4.69, 9.17) is 21.3 Å². The predicted molar refractivity (Wildman–Crippen MR) is 119 cm³/mol. The van der Waals surface area contributed by atoms with Gasteiger partial charge in [-0.15, -0.1) is 0 Å². The smallest absolute Gasteiger partial charge is 0.337 e. The highest BCUT2D eigenvalue weighted by molar-refractivity contribution is 6.30. The zero-order chi connectivity index (χ0) is 20.7. The van der Waals surface area contributed by atoms with Gasteiger partial charge in [0.2, 0.25) is 5.95 Å². The summed E-state index contributed by atoms with van der Waals surface area (Å²) >= 11 is 6.07. The van der Waals surface area contributed by atoms with Crippen LogP contribution in [-0.4, -0.2) is 22.6 Å². The van der Waals surface area contributed by atoms with E-state index in [0.29, 0.717) is 10.6 Å². The molecule has 0 bridgehead atoms. The van der Waals surface area contributed by atoms with Crippen molar-refractivity contribution < 1.29 is 9.53 Å². The molecule has 1 atom stereocenters. The Morgan fingerprint density at radius 1 is 1.03 bits per heavy atom. The number of aromatic nitrogens is 2. The molecule has 0 radical (unpaired) electrons. The molecule has 0 aliphatic carbocycles. The van der Waals surface area contributed by atoms with Gasteiger partial charge in [-0.3, -0.25) is 4.57 Å². The maximum Gasteiger partial charge on any atom is 0.337 e. The number of hydrogen-bond acceptors (Lipinski definition) is 4. The molecule has 1 aliphatic heterocycles. The lowest BCUT2D eigenvalue weighted by Gasteiger charge is -2.26. The SMILES string of the molecule is COC(=O)c1ccc([C@@H]2C=C(c3ccc(Cl)cc3)Nc3nc4ccccc4n32)cc1. The first-order chi connectivity index (χ1) is 14.6. The fourth-order valence-electron chi connectivity index (χ4n) is 3.79. The summed E-state index contributed by atoms with van der Waals surface area (Å²) in [5.41, 5.74) is 5.49. The first kappa shape index (κ1) is 18.5. The number of nitrogens with zero attached hydrogens (tertiary/aromatic N) is 2. The number of nitrogens with one attached hydrogen (secondary N) is 1. The average Bonchev–Trinajstić information content (AvgIpc) is 3.17. The van der Waals surface area contributed by atoms with Crippen LogP contribution in [-0.2, 0) is 4.74 Å². The number of allylic oxidation sites excluding steroid dienone is 1. The van der Waals surface area contributed by atoms with Crippen LogP contribution in [0.5, 0.6) is 0 Å². The molecule has 0 saturated carbocycles. The van der Waals surface area contributed by atoms with Crippen LogP contribution < -0.4 is 5.32 Å². The minimum Gasteiger partial charge on any atom is -0.465 e. The lowest BCUT2D eigenvalue weighted by atomic mass is 10.00. The third kappa shape index (κ3) is 3.13. The summed E-state index contributed by atoms with van der Waals surface area (Å²) < 4.78 is 6.99. The van der Waals surface area contributed by atoms with Gasteiger partial charge < -0.3 is 10.1 Å². The highest BCUT2D eigenvalue weighted by Crippen LogP contribution is 2.37. The molecule has 4 aromatic rings. The Kier molecular flexibility index (Phi) is 4.52. The Balaban J connectivity index is 1.65. The number of imidazole rings is 1. The minimum atomic E-state index is -0.349. The molecule has 1 aliphatic rings. The number of rotatable bonds is 3. The van der Waals surface area contributed by atoms with Gasteiger partial charge in [0.25, 0.3) is 0 Å². The van der Waals surface area contributed by atoms with Gasteiger partial charge in [-0.05, 0) is 53.6 Å². The third-order valence-electron chi connectivity index (χ3n) is 5.27. The maximum absolute atomic E-state index is 11.8. The van der Waals surface area contributed by atoms with E-state index >= 15 is 0 Å². The van der Waals surface area contributed by atoms with Crippen LogP contribution in [0.2, 0.25) is 5.02 Å². The second kappa shape index (κ2) is 7.35. The summed E-state index contributed by atoms with van der Waals surface area (Å²) in [6.07, 6.45) is 2.16. The van der Waals surface area contributed by atoms with Gasteiger partial charge in [0.15, 0.2) is 0 Å². The molecule has 5 nitrogen and oxygen atoms in total. The van der Waals surface area contributed by atoms with Gasteiger partial charge in [-0.2, -0.15) is 0 Å². The van der Waals surface area contributed by atoms with Crippen molar-refractivity contribution in [2.24, 2.45) is 0 Å². The molecule has 6 heteroatoms. The van der Waals surface area contributed by atoms with Crippen molar-refractivity contribution in [1.29, 1.82) is 0 Å². The van der Waals surface area contributed by atoms with Gasteiger partial charge in [0, 0.05) is 10.7 Å². The largest absolute Gasteiger partial charge is 0.465 e. The second-order valence-electron chi connectivity index (χ2n) is 7.06. The number of anilines is 1. The molecule has 0 fully saturated rings. The molecule has 3 aromatic carbocycles. The Morgan fingerprint density at radius 3 is 2.50 bits per heavy atom. The number of benzene rings is 3. The molecule has 1 aromatic heterocycles. The molecule has 0 saturated heterocycles. The van der Waals surface area contributed by atoms with Crippen LogP contribution in [0.15, 0.2) is 78.9 Å². The van der Waals surface area contributed by atoms with E-state index in [0.717, 1.165) is 33.8 Å². The van der Waals surface area contributed by atoms with E-state index in [9.17, 15) is 4.79 Å². The Hall–Kier alpha value is -3.57. The van der Waals surface area contributed by atoms with Gasteiger partial charge in [0.1, 0.15) is 0 Å². The topological polar surface area (TPSA) is 56.1 Å². The number of carbonyl (C=O) groups excluding carboxylic acids is 1. The van der Waals surface area contributed by atoms with E-state index < -0.39 is 0 Å². The van der Waals surface area contributed by atoms with Crippen LogP contribution in [0.4, 0.5) is 5.95 Å². The molecule has 0 amide bonds. The van der Waals surface area contributed by atoms with E-state index in [2.05, 4.69) is 22.0 Å². The first-order valence-corrected chi connectivity index (χ1v) is 9.92. The second-order valence-corrected chi connectivity index (χ2v) is 7.50. The van der Waals surface area contributed by atoms with Crippen molar-refractivity contribution in [3.05, 3.63) is 101 Å². The van der Waals surface area contributed by atoms with Gasteiger partial charge >= 0.3 is 5.97 Å². The molecule has 148 valence electrons. The fourth-order valence-corrected chi connectivity index (χ4v) is 3.91. The van der Waals surface area contributed by atoms with E-state index in [1.54, 1.807) is 12.1 Å². The molecular weight excluding hydrogens is 398 g/mol. The lowest BCUT2D eigenvalue weighted by molar-refractivity contribution is 0.0600. The van der Waals surface area contributed by atoms with Crippen molar-refractivity contribution >= 4 is 40.2 Å². The van der Waals surface area contributed by atoms with Crippen LogP contribution in [0.1, 0.15) is 27.5 Å². The van der Waals surface area contributed by atoms with E-state index in [1.165, 1.54) is 7.11 Å². The number of fused-ring (bicyclic) bond motifs is 3. The Bertz CT molecular complexity index is 1270. The summed E-state index contributed by atoms with van der Waals surface area (Å²) in [7, 11) is 1.38. The molecule has 30 heavy (non-hydrogen) atoms. The van der Waals surface area contributed by atoms with Gasteiger partial charge in [-0.25, -0.2) is 9.78 Å². The third-order valence-corrected chi connectivity index (χ3v) is 5.53. The van der Waals surface area contributed by atoms with Crippen molar-refractivity contribution in [3.63, 3.8) is 0 Å². The Morgan fingerprint density at radius 2 is 1.77 bits per heavy atom. The minimum absolute atomic E-state index is 0.0916. The summed E-state index contributed by atoms with van der Waals surface area (Å²) in [6, 6.07) is 23.2. The Labute approximate surface area is 178 Å². The average molecular weight is 416 g/mol. The first-order valence-electron chi connectivity index (χ1n) is 9.54. The summed E-state index contributed by atoms with van der Waals surface area (Å²) in [4.78, 5) is 16.6. The van der Waals surface area contributed by atoms with Crippen LogP contribution in [0.25, 0.3) is 16.7 Å². The normalized spacial score (nSPS) is 15.3. The fraction of sp³-hybridized carbons (Fsp3) is 0.0833. The highest BCUT2D eigenvalue weighted by atomic mass is 35.5. The summed E-state index contributed by atoms with van der Waals surface area (Å²) in [5, 5.41) is 4.15. The molecular formula is C24H18ClN3O2. The molecule has 1 N–H and O–H groups in total. The van der Waals surface area contributed by atoms with Crippen LogP contribution in [0.3, 0.4) is 0 Å². The number of carbonyl (C=O) groups is 1. The van der Waals surface area contributed by atoms with Crippen molar-refractivity contribution in [1.82, 2.24) is 9.55 Å². The monoisotopic (exact) mass is 415 g/mol. The summed E-state index contributed by atoms with van der Waals surface area (Å²) in [5.74, 6) is 0.420. The molecule has 0 spiro atoms. The molecule has 5 rings (SSSR count). The zero-order valence-electron chi connectivity index (χ0n) is 16.2. The quantitative estimate of drug-likeness (QED) is 0.447. The number of para-hydroxylation sites is 2. The summed E-state index contributed by atoms with van der Waals surface area (Å²) in [6.45, 7) is 0. The number of halogens is 1. The van der Waals surface area contributed by atoms with E-state index in [1.807, 2.05) is 54.6 Å². The highest BCUT2D eigenvalue weighted by Gasteiger charge is 2.25. The van der Waals surface area contributed by atoms with Crippen molar-refractivity contribution in [2.75, 3.05) is 12.4 Å². The number of ether oxygens (including phenoxy) is 1. The zero-order valence-corrected chi connectivity index (χ0v) is 16.9. The lowest BCUT2D eigenvalue weighted by Crippen LogP contribution is -2.19. The standard InChI is InChI=1S/C24H18ClN3O2/c1-30-23(29)17-8-6-16(7-9-17)22-14-20(15-10-12-18(25)13-11-15)27-24-26-19-4-2-3-5-21(19)28(22)24/h2-14,22H,1H3,(H,26,27)/t22-/m0/s1.